The Balaban J connectivity index is 2.28. The molecule has 0 atom stereocenters. The highest BCUT2D eigenvalue weighted by atomic mass is 16.7. The fourth-order valence-electron chi connectivity index (χ4n) is 0.699. The quantitative estimate of drug-likeness (QED) is 0.581. The van der Waals surface area contributed by atoms with Crippen LogP contribution in [0.1, 0.15) is 5.89 Å². The molecule has 0 amide bonds. The fourth-order valence-corrected chi connectivity index (χ4v) is 0.699. The van der Waals surface area contributed by atoms with Crippen molar-refractivity contribution in [2.75, 3.05) is 6.79 Å². The van der Waals surface area contributed by atoms with Gasteiger partial charge >= 0.3 is 0 Å². The van der Waals surface area contributed by atoms with Gasteiger partial charge in [0.15, 0.2) is 0 Å². The number of oxazole rings is 1. The second kappa shape index (κ2) is 2.06. The van der Waals surface area contributed by atoms with Gasteiger partial charge in [0.25, 0.3) is 5.89 Å². The van der Waals surface area contributed by atoms with Crippen molar-refractivity contribution in [2.24, 2.45) is 0 Å². The first kappa shape index (κ1) is 5.34. The summed E-state index contributed by atoms with van der Waals surface area (Å²) in [5.41, 5.74) is 0. The Morgan fingerprint density at radius 1 is 1.50 bits per heavy atom. The lowest BCUT2D eigenvalue weighted by Gasteiger charge is -1.92. The summed E-state index contributed by atoms with van der Waals surface area (Å²) in [5, 5.41) is 0. The highest BCUT2D eigenvalue weighted by Gasteiger charge is 2.12. The molecule has 0 unspecified atom stereocenters. The first-order valence-electron chi connectivity index (χ1n) is 2.81. The Labute approximate surface area is 57.1 Å². The predicted octanol–water partition coefficient (Wildman–Crippen LogP) is 0.977. The van der Waals surface area contributed by atoms with E-state index in [1.54, 1.807) is 6.20 Å². The molecule has 0 saturated heterocycles. The molecule has 52 valence electrons. The number of hydrogen-bond acceptors (Lipinski definition) is 4. The summed E-state index contributed by atoms with van der Waals surface area (Å²) in [4.78, 5) is 3.86. The zero-order chi connectivity index (χ0) is 6.81. The minimum atomic E-state index is 0.248. The molecule has 1 aromatic rings. The molecule has 1 aromatic heterocycles. The molecule has 0 aromatic carbocycles. The summed E-state index contributed by atoms with van der Waals surface area (Å²) < 4.78 is 14.7. The topological polar surface area (TPSA) is 44.5 Å². The average Bonchev–Trinajstić information content (AvgIpc) is 2.59. The van der Waals surface area contributed by atoms with Gasteiger partial charge < -0.3 is 13.9 Å². The molecule has 2 heterocycles. The minimum Gasteiger partial charge on any atom is -0.461 e. The van der Waals surface area contributed by atoms with Crippen molar-refractivity contribution in [3.05, 3.63) is 24.6 Å². The molecule has 0 spiro atoms. The van der Waals surface area contributed by atoms with Crippen molar-refractivity contribution in [1.29, 1.82) is 0 Å². The SMILES string of the molecule is C1=C(c2ncco2)OCO1. The van der Waals surface area contributed by atoms with Crippen LogP contribution in [0.15, 0.2) is 23.1 Å². The van der Waals surface area contributed by atoms with Crippen LogP contribution in [0.3, 0.4) is 0 Å². The van der Waals surface area contributed by atoms with Crippen LogP contribution in [0.4, 0.5) is 0 Å². The van der Waals surface area contributed by atoms with Gasteiger partial charge in [-0.15, -0.1) is 0 Å². The van der Waals surface area contributed by atoms with Crippen molar-refractivity contribution >= 4 is 5.76 Å². The van der Waals surface area contributed by atoms with Gasteiger partial charge in [-0.05, 0) is 0 Å². The largest absolute Gasteiger partial charge is 0.461 e. The van der Waals surface area contributed by atoms with E-state index in [9.17, 15) is 0 Å². The fraction of sp³-hybridized carbons (Fsp3) is 0.167. The molecule has 0 fully saturated rings. The van der Waals surface area contributed by atoms with Crippen LogP contribution in [0.25, 0.3) is 5.76 Å². The number of hydrogen-bond donors (Lipinski definition) is 0. The predicted molar refractivity (Wildman–Crippen MR) is 31.5 cm³/mol. The summed E-state index contributed by atoms with van der Waals surface area (Å²) >= 11 is 0. The summed E-state index contributed by atoms with van der Waals surface area (Å²) in [6.45, 7) is 0.248. The summed E-state index contributed by atoms with van der Waals surface area (Å²) in [6, 6.07) is 0. The molecule has 2 rings (SSSR count). The highest BCUT2D eigenvalue weighted by Crippen LogP contribution is 2.17. The lowest BCUT2D eigenvalue weighted by atomic mass is 10.5. The maximum absolute atomic E-state index is 4.98. The van der Waals surface area contributed by atoms with Gasteiger partial charge in [-0.3, -0.25) is 0 Å². The second-order valence-corrected chi connectivity index (χ2v) is 1.75. The first-order chi connectivity index (χ1) is 4.97. The van der Waals surface area contributed by atoms with Crippen LogP contribution >= 0.6 is 0 Å². The standard InChI is InChI=1S/C6H5NO3/c1-2-9-6(7-1)5-3-8-4-10-5/h1-3H,4H2. The molecule has 1 aliphatic rings. The Hall–Kier alpha value is -1.45. The molecular weight excluding hydrogens is 134 g/mol. The van der Waals surface area contributed by atoms with E-state index in [1.807, 2.05) is 0 Å². The van der Waals surface area contributed by atoms with Crippen molar-refractivity contribution in [3.8, 4) is 0 Å². The third kappa shape index (κ3) is 0.737. The zero-order valence-corrected chi connectivity index (χ0v) is 5.11. The van der Waals surface area contributed by atoms with Crippen molar-refractivity contribution < 1.29 is 13.9 Å². The second-order valence-electron chi connectivity index (χ2n) is 1.75. The lowest BCUT2D eigenvalue weighted by molar-refractivity contribution is 0.0986. The molecule has 10 heavy (non-hydrogen) atoms. The van der Waals surface area contributed by atoms with Crippen LogP contribution in [-0.4, -0.2) is 11.8 Å². The molecule has 0 N–H and O–H groups in total. The van der Waals surface area contributed by atoms with Crippen molar-refractivity contribution in [1.82, 2.24) is 4.98 Å². The van der Waals surface area contributed by atoms with Crippen LogP contribution in [0.5, 0.6) is 0 Å². The molecule has 1 aliphatic heterocycles. The maximum Gasteiger partial charge on any atom is 0.265 e. The molecule has 0 saturated carbocycles. The number of nitrogens with zero attached hydrogens (tertiary/aromatic N) is 1. The first-order valence-corrected chi connectivity index (χ1v) is 2.81. The van der Waals surface area contributed by atoms with Crippen LogP contribution in [0, 0.1) is 0 Å². The summed E-state index contributed by atoms with van der Waals surface area (Å²) in [5.74, 6) is 1.00. The van der Waals surface area contributed by atoms with Gasteiger partial charge in [-0.2, -0.15) is 0 Å². The maximum atomic E-state index is 4.98. The molecule has 0 aliphatic carbocycles. The van der Waals surface area contributed by atoms with E-state index in [4.69, 9.17) is 13.9 Å². The molecule has 0 radical (unpaired) electrons. The summed E-state index contributed by atoms with van der Waals surface area (Å²) in [6.07, 6.45) is 4.52. The minimum absolute atomic E-state index is 0.248. The van der Waals surface area contributed by atoms with E-state index in [0.717, 1.165) is 0 Å². The molecule has 4 heteroatoms. The normalized spacial score (nSPS) is 15.8. The van der Waals surface area contributed by atoms with Crippen LogP contribution in [0.2, 0.25) is 0 Å². The van der Waals surface area contributed by atoms with Gasteiger partial charge in [-0.25, -0.2) is 4.98 Å². The van der Waals surface area contributed by atoms with Crippen LogP contribution < -0.4 is 0 Å². The van der Waals surface area contributed by atoms with Gasteiger partial charge in [0.05, 0.1) is 6.20 Å². The molecular formula is C6H5NO3. The van der Waals surface area contributed by atoms with Crippen molar-refractivity contribution in [3.63, 3.8) is 0 Å². The van der Waals surface area contributed by atoms with Crippen LogP contribution in [-0.2, 0) is 9.47 Å². The summed E-state index contributed by atoms with van der Waals surface area (Å²) in [7, 11) is 0. The average molecular weight is 139 g/mol. The Morgan fingerprint density at radius 3 is 3.10 bits per heavy atom. The zero-order valence-electron chi connectivity index (χ0n) is 5.11. The van der Waals surface area contributed by atoms with Crippen molar-refractivity contribution in [2.45, 2.75) is 0 Å². The third-order valence-corrected chi connectivity index (χ3v) is 1.12. The monoisotopic (exact) mass is 139 g/mol. The third-order valence-electron chi connectivity index (χ3n) is 1.12. The smallest absolute Gasteiger partial charge is 0.265 e. The molecule has 0 bridgehead atoms. The van der Waals surface area contributed by atoms with E-state index in [0.29, 0.717) is 11.6 Å². The van der Waals surface area contributed by atoms with E-state index < -0.39 is 0 Å². The van der Waals surface area contributed by atoms with E-state index >= 15 is 0 Å². The highest BCUT2D eigenvalue weighted by molar-refractivity contribution is 5.50. The molecule has 4 nitrogen and oxygen atoms in total. The number of aromatic nitrogens is 1. The van der Waals surface area contributed by atoms with E-state index in [-0.39, 0.29) is 6.79 Å². The number of rotatable bonds is 1. The Morgan fingerprint density at radius 2 is 2.50 bits per heavy atom. The number of ether oxygens (including phenoxy) is 2. The van der Waals surface area contributed by atoms with Gasteiger partial charge in [0, 0.05) is 0 Å². The lowest BCUT2D eigenvalue weighted by Crippen LogP contribution is -1.85. The Kier molecular flexibility index (Phi) is 1.10. The van der Waals surface area contributed by atoms with E-state index in [2.05, 4.69) is 4.98 Å². The van der Waals surface area contributed by atoms with Gasteiger partial charge in [0.2, 0.25) is 12.6 Å². The van der Waals surface area contributed by atoms with Gasteiger partial charge in [0.1, 0.15) is 12.5 Å². The Bertz CT molecular complexity index is 240. The van der Waals surface area contributed by atoms with E-state index in [1.165, 1.54) is 12.5 Å². The van der Waals surface area contributed by atoms with Gasteiger partial charge in [-0.1, -0.05) is 0 Å².